The van der Waals surface area contributed by atoms with E-state index in [1.54, 1.807) is 0 Å². The molecular weight excluding hydrogens is 144 g/mol. The smallest absolute Gasteiger partial charge is 0.0326 e. The predicted molar refractivity (Wildman–Crippen MR) is 57.1 cm³/mol. The van der Waals surface area contributed by atoms with Gasteiger partial charge in [-0.15, -0.1) is 0 Å². The summed E-state index contributed by atoms with van der Waals surface area (Å²) < 4.78 is 0. The van der Waals surface area contributed by atoms with Crippen LogP contribution in [0.15, 0.2) is 0 Å². The molecule has 0 aliphatic rings. The van der Waals surface area contributed by atoms with E-state index in [9.17, 15) is 0 Å². The minimum atomic E-state index is 0.506. The summed E-state index contributed by atoms with van der Waals surface area (Å²) >= 11 is 0. The Morgan fingerprint density at radius 3 is 2.17 bits per heavy atom. The van der Waals surface area contributed by atoms with E-state index in [1.165, 1.54) is 25.7 Å². The van der Waals surface area contributed by atoms with E-state index in [2.05, 4.69) is 34.6 Å². The maximum atomic E-state index is 4.03. The topological polar surface area (TPSA) is 0 Å². The molecule has 0 heterocycles. The van der Waals surface area contributed by atoms with E-state index in [0.29, 0.717) is 5.41 Å². The molecule has 0 amide bonds. The summed E-state index contributed by atoms with van der Waals surface area (Å²) in [6.07, 6.45) is 6.41. The van der Waals surface area contributed by atoms with Gasteiger partial charge in [0.2, 0.25) is 0 Å². The minimum absolute atomic E-state index is 0.506. The van der Waals surface area contributed by atoms with Crippen LogP contribution in [-0.2, 0) is 0 Å². The van der Waals surface area contributed by atoms with Gasteiger partial charge < -0.3 is 0 Å². The maximum Gasteiger partial charge on any atom is -0.0326 e. The van der Waals surface area contributed by atoms with Gasteiger partial charge in [-0.1, -0.05) is 53.9 Å². The van der Waals surface area contributed by atoms with Crippen molar-refractivity contribution < 1.29 is 0 Å². The van der Waals surface area contributed by atoms with Crippen LogP contribution < -0.4 is 0 Å². The van der Waals surface area contributed by atoms with Crippen LogP contribution in [0.5, 0.6) is 0 Å². The molecule has 0 saturated carbocycles. The summed E-state index contributed by atoms with van der Waals surface area (Å²) in [7, 11) is 0. The van der Waals surface area contributed by atoms with E-state index in [0.717, 1.165) is 12.3 Å². The molecule has 0 aromatic carbocycles. The fourth-order valence-corrected chi connectivity index (χ4v) is 1.98. The lowest BCUT2D eigenvalue weighted by molar-refractivity contribution is 0.184. The molecule has 0 aliphatic heterocycles. The summed E-state index contributed by atoms with van der Waals surface area (Å²) in [6.45, 7) is 13.4. The van der Waals surface area contributed by atoms with Crippen LogP contribution in [0.1, 0.15) is 59.8 Å². The van der Waals surface area contributed by atoms with Crippen molar-refractivity contribution in [3.05, 3.63) is 6.92 Å². The molecule has 0 aromatic rings. The first-order chi connectivity index (χ1) is 5.58. The second-order valence-electron chi connectivity index (χ2n) is 4.49. The highest BCUT2D eigenvalue weighted by molar-refractivity contribution is 4.77. The lowest BCUT2D eigenvalue weighted by Crippen LogP contribution is -2.22. The molecule has 12 heavy (non-hydrogen) atoms. The van der Waals surface area contributed by atoms with Crippen molar-refractivity contribution >= 4 is 0 Å². The summed E-state index contributed by atoms with van der Waals surface area (Å²) in [6, 6.07) is 0. The molecule has 0 aliphatic carbocycles. The van der Waals surface area contributed by atoms with Crippen LogP contribution in [0.4, 0.5) is 0 Å². The molecule has 1 unspecified atom stereocenters. The van der Waals surface area contributed by atoms with Crippen LogP contribution in [-0.4, -0.2) is 0 Å². The molecule has 0 spiro atoms. The van der Waals surface area contributed by atoms with Crippen molar-refractivity contribution in [3.63, 3.8) is 0 Å². The van der Waals surface area contributed by atoms with Gasteiger partial charge in [0.15, 0.2) is 0 Å². The quantitative estimate of drug-likeness (QED) is 0.551. The third-order valence-electron chi connectivity index (χ3n) is 3.12. The zero-order valence-corrected chi connectivity index (χ0v) is 9.32. The van der Waals surface area contributed by atoms with Gasteiger partial charge in [0, 0.05) is 0 Å². The van der Waals surface area contributed by atoms with E-state index < -0.39 is 0 Å². The van der Waals surface area contributed by atoms with Gasteiger partial charge in [0.05, 0.1) is 0 Å². The van der Waals surface area contributed by atoms with Crippen molar-refractivity contribution in [2.75, 3.05) is 0 Å². The van der Waals surface area contributed by atoms with Crippen molar-refractivity contribution in [3.8, 4) is 0 Å². The van der Waals surface area contributed by atoms with Crippen molar-refractivity contribution in [2.24, 2.45) is 11.3 Å². The van der Waals surface area contributed by atoms with Crippen molar-refractivity contribution in [1.29, 1.82) is 0 Å². The average Bonchev–Trinajstić information content (AvgIpc) is 2.03. The molecule has 0 nitrogen and oxygen atoms in total. The highest BCUT2D eigenvalue weighted by atomic mass is 14.3. The largest absolute Gasteiger partial charge is 0.0654 e. The molecule has 1 radical (unpaired) electrons. The van der Waals surface area contributed by atoms with E-state index in [-0.39, 0.29) is 0 Å². The number of rotatable bonds is 6. The summed E-state index contributed by atoms with van der Waals surface area (Å²) in [5.74, 6) is 0.809. The number of hydrogen-bond donors (Lipinski definition) is 0. The van der Waals surface area contributed by atoms with Gasteiger partial charge in [-0.25, -0.2) is 0 Å². The molecule has 0 rings (SSSR count). The standard InChI is InChI=1S/C12H25/c1-6-9-10-12(4,5)11(7-2)8-3/h11H,2,6-10H2,1,3-5H3. The van der Waals surface area contributed by atoms with Crippen molar-refractivity contribution in [2.45, 2.75) is 59.8 Å². The Kier molecular flexibility index (Phi) is 5.61. The first-order valence-corrected chi connectivity index (χ1v) is 5.37. The number of hydrogen-bond acceptors (Lipinski definition) is 0. The molecule has 0 fully saturated rings. The van der Waals surface area contributed by atoms with Crippen LogP contribution in [0.3, 0.4) is 0 Å². The fraction of sp³-hybridized carbons (Fsp3) is 0.917. The Bertz CT molecular complexity index is 98.6. The highest BCUT2D eigenvalue weighted by Gasteiger charge is 2.25. The third-order valence-corrected chi connectivity index (χ3v) is 3.12. The summed E-state index contributed by atoms with van der Waals surface area (Å²) in [5, 5.41) is 0. The van der Waals surface area contributed by atoms with Gasteiger partial charge in [-0.2, -0.15) is 0 Å². The molecular formula is C12H25. The Morgan fingerprint density at radius 2 is 1.83 bits per heavy atom. The van der Waals surface area contributed by atoms with E-state index in [4.69, 9.17) is 0 Å². The lowest BCUT2D eigenvalue weighted by Gasteiger charge is -2.33. The zero-order chi connectivity index (χ0) is 9.61. The van der Waals surface area contributed by atoms with Gasteiger partial charge in [0.25, 0.3) is 0 Å². The van der Waals surface area contributed by atoms with Crippen LogP contribution in [0.2, 0.25) is 0 Å². The zero-order valence-electron chi connectivity index (χ0n) is 9.32. The first kappa shape index (κ1) is 12.0. The molecule has 0 aromatic heterocycles. The second kappa shape index (κ2) is 5.61. The Morgan fingerprint density at radius 1 is 1.25 bits per heavy atom. The molecule has 0 bridgehead atoms. The Balaban J connectivity index is 3.96. The molecule has 0 N–H and O–H groups in total. The highest BCUT2D eigenvalue weighted by Crippen LogP contribution is 2.36. The van der Waals surface area contributed by atoms with Gasteiger partial charge in [0.1, 0.15) is 0 Å². The van der Waals surface area contributed by atoms with Crippen LogP contribution in [0, 0.1) is 18.3 Å². The average molecular weight is 169 g/mol. The second-order valence-corrected chi connectivity index (χ2v) is 4.49. The maximum absolute atomic E-state index is 4.03. The van der Waals surface area contributed by atoms with E-state index >= 15 is 0 Å². The van der Waals surface area contributed by atoms with Gasteiger partial charge >= 0.3 is 0 Å². The van der Waals surface area contributed by atoms with Crippen molar-refractivity contribution in [1.82, 2.24) is 0 Å². The Labute approximate surface area is 78.8 Å². The summed E-state index contributed by atoms with van der Waals surface area (Å²) in [5.41, 5.74) is 0.506. The molecule has 73 valence electrons. The number of unbranched alkanes of at least 4 members (excludes halogenated alkanes) is 1. The lowest BCUT2D eigenvalue weighted by atomic mass is 9.73. The Hall–Kier alpha value is 0. The molecule has 0 heteroatoms. The summed E-state index contributed by atoms with van der Waals surface area (Å²) in [4.78, 5) is 0. The minimum Gasteiger partial charge on any atom is -0.0654 e. The normalized spacial score (nSPS) is 12.5. The monoisotopic (exact) mass is 169 g/mol. The fourth-order valence-electron chi connectivity index (χ4n) is 1.98. The predicted octanol–water partition coefficient (Wildman–Crippen LogP) is 4.45. The van der Waals surface area contributed by atoms with Crippen LogP contribution in [0.25, 0.3) is 0 Å². The van der Waals surface area contributed by atoms with E-state index in [1.807, 2.05) is 0 Å². The first-order valence-electron chi connectivity index (χ1n) is 5.37. The third kappa shape index (κ3) is 3.60. The van der Waals surface area contributed by atoms with Gasteiger partial charge in [-0.05, 0) is 24.2 Å². The van der Waals surface area contributed by atoms with Gasteiger partial charge in [-0.3, -0.25) is 0 Å². The van der Waals surface area contributed by atoms with Crippen LogP contribution >= 0.6 is 0 Å². The SMILES string of the molecule is [CH2]CC(CC)C(C)(C)CCCC. The molecule has 0 saturated heterocycles. The molecule has 1 atom stereocenters.